The molecule has 0 radical (unpaired) electrons. The number of halogens is 1. The van der Waals surface area contributed by atoms with Crippen LogP contribution in [0.25, 0.3) is 0 Å². The van der Waals surface area contributed by atoms with E-state index in [1.54, 1.807) is 13.3 Å². The number of rotatable bonds is 3. The molecule has 1 N–H and O–H groups in total. The predicted octanol–water partition coefficient (Wildman–Crippen LogP) is 3.44. The smallest absolute Gasteiger partial charge is 0.214 e. The summed E-state index contributed by atoms with van der Waals surface area (Å²) < 4.78 is 5.11. The van der Waals surface area contributed by atoms with Crippen molar-refractivity contribution in [1.29, 1.82) is 0 Å². The Balaban J connectivity index is 2.02. The third kappa shape index (κ3) is 3.50. The number of ether oxygens (including phenoxy) is 1. The van der Waals surface area contributed by atoms with Crippen molar-refractivity contribution in [2.24, 2.45) is 0 Å². The van der Waals surface area contributed by atoms with Crippen LogP contribution in [0.15, 0.2) is 18.3 Å². The van der Waals surface area contributed by atoms with Crippen molar-refractivity contribution >= 4 is 17.3 Å². The van der Waals surface area contributed by atoms with Gasteiger partial charge in [0.05, 0.1) is 12.5 Å². The number of methoxy groups -OCH3 is 1. The lowest BCUT2D eigenvalue weighted by atomic mass is 10.1. The zero-order valence-corrected chi connectivity index (χ0v) is 10.9. The van der Waals surface area contributed by atoms with Gasteiger partial charge in [0.1, 0.15) is 0 Å². The van der Waals surface area contributed by atoms with Gasteiger partial charge in [0.15, 0.2) is 0 Å². The first-order valence-electron chi connectivity index (χ1n) is 6.20. The average molecular weight is 255 g/mol. The quantitative estimate of drug-likeness (QED) is 0.663. The topological polar surface area (TPSA) is 34.1 Å². The fourth-order valence-corrected chi connectivity index (χ4v) is 2.59. The van der Waals surface area contributed by atoms with E-state index < -0.39 is 0 Å². The third-order valence-electron chi connectivity index (χ3n) is 3.23. The zero-order chi connectivity index (χ0) is 12.1. The minimum atomic E-state index is 0.219. The largest absolute Gasteiger partial charge is 0.481 e. The lowest BCUT2D eigenvalue weighted by Gasteiger charge is -2.22. The van der Waals surface area contributed by atoms with Gasteiger partial charge in [-0.1, -0.05) is 19.3 Å². The highest BCUT2D eigenvalue weighted by atomic mass is 35.5. The van der Waals surface area contributed by atoms with E-state index in [4.69, 9.17) is 16.3 Å². The zero-order valence-electron chi connectivity index (χ0n) is 10.2. The van der Waals surface area contributed by atoms with Gasteiger partial charge in [-0.15, -0.1) is 11.6 Å². The summed E-state index contributed by atoms with van der Waals surface area (Å²) in [6.45, 7) is 0. The Kier molecular flexibility index (Phi) is 4.49. The van der Waals surface area contributed by atoms with Crippen molar-refractivity contribution in [3.63, 3.8) is 0 Å². The summed E-state index contributed by atoms with van der Waals surface area (Å²) in [5.74, 6) is 0.634. The molecule has 2 atom stereocenters. The summed E-state index contributed by atoms with van der Waals surface area (Å²) in [6.07, 6.45) is 7.78. The lowest BCUT2D eigenvalue weighted by molar-refractivity contribution is 0.398. The molecule has 3 nitrogen and oxygen atoms in total. The second-order valence-corrected chi connectivity index (χ2v) is 5.05. The SMILES string of the molecule is COc1cc(NC2CCCCCC2Cl)ccn1. The first-order chi connectivity index (χ1) is 8.29. The number of nitrogens with one attached hydrogen (secondary N) is 1. The Morgan fingerprint density at radius 3 is 3.00 bits per heavy atom. The van der Waals surface area contributed by atoms with Gasteiger partial charge in [0.2, 0.25) is 5.88 Å². The summed E-state index contributed by atoms with van der Waals surface area (Å²) in [6, 6.07) is 4.22. The number of anilines is 1. The second kappa shape index (κ2) is 6.10. The monoisotopic (exact) mass is 254 g/mol. The molecular weight excluding hydrogens is 236 g/mol. The van der Waals surface area contributed by atoms with E-state index in [9.17, 15) is 0 Å². The molecule has 0 amide bonds. The van der Waals surface area contributed by atoms with Gasteiger partial charge in [0, 0.05) is 24.0 Å². The summed E-state index contributed by atoms with van der Waals surface area (Å²) in [5.41, 5.74) is 1.04. The molecule has 1 fully saturated rings. The Hall–Kier alpha value is -0.960. The van der Waals surface area contributed by atoms with Crippen LogP contribution in [0, 0.1) is 0 Å². The Bertz CT molecular complexity index is 359. The third-order valence-corrected chi connectivity index (χ3v) is 3.75. The molecule has 1 aromatic heterocycles. The van der Waals surface area contributed by atoms with Crippen LogP contribution in [0.4, 0.5) is 5.69 Å². The van der Waals surface area contributed by atoms with E-state index >= 15 is 0 Å². The Morgan fingerprint density at radius 2 is 2.18 bits per heavy atom. The standard InChI is InChI=1S/C13H19ClN2O/c1-17-13-9-10(7-8-15-13)16-12-6-4-2-3-5-11(12)14/h7-9,11-12H,2-6H2,1H3,(H,15,16). The van der Waals surface area contributed by atoms with Gasteiger partial charge >= 0.3 is 0 Å². The van der Waals surface area contributed by atoms with E-state index in [0.717, 1.165) is 18.5 Å². The molecule has 1 saturated carbocycles. The Morgan fingerprint density at radius 1 is 1.35 bits per heavy atom. The molecule has 1 aromatic rings. The van der Waals surface area contributed by atoms with Crippen LogP contribution in [0.2, 0.25) is 0 Å². The maximum Gasteiger partial charge on any atom is 0.214 e. The maximum atomic E-state index is 6.40. The van der Waals surface area contributed by atoms with E-state index in [0.29, 0.717) is 11.9 Å². The van der Waals surface area contributed by atoms with Gasteiger partial charge in [-0.3, -0.25) is 0 Å². The molecule has 0 saturated heterocycles. The lowest BCUT2D eigenvalue weighted by Crippen LogP contribution is -2.28. The van der Waals surface area contributed by atoms with Crippen LogP contribution in [0.1, 0.15) is 32.1 Å². The fraction of sp³-hybridized carbons (Fsp3) is 0.615. The molecule has 0 aliphatic heterocycles. The molecule has 4 heteroatoms. The van der Waals surface area contributed by atoms with Crippen molar-refractivity contribution in [2.75, 3.05) is 12.4 Å². The predicted molar refractivity (Wildman–Crippen MR) is 70.9 cm³/mol. The summed E-state index contributed by atoms with van der Waals surface area (Å²) in [5, 5.41) is 3.71. The van der Waals surface area contributed by atoms with E-state index in [2.05, 4.69) is 10.3 Å². The number of alkyl halides is 1. The van der Waals surface area contributed by atoms with Gasteiger partial charge in [0.25, 0.3) is 0 Å². The number of aromatic nitrogens is 1. The second-order valence-electron chi connectivity index (χ2n) is 4.49. The van der Waals surface area contributed by atoms with Crippen molar-refractivity contribution in [2.45, 2.75) is 43.5 Å². The first-order valence-corrected chi connectivity index (χ1v) is 6.64. The molecule has 0 aromatic carbocycles. The van der Waals surface area contributed by atoms with Gasteiger partial charge < -0.3 is 10.1 Å². The van der Waals surface area contributed by atoms with Crippen LogP contribution in [-0.2, 0) is 0 Å². The van der Waals surface area contributed by atoms with Crippen LogP contribution < -0.4 is 10.1 Å². The van der Waals surface area contributed by atoms with E-state index in [1.807, 2.05) is 12.1 Å². The Labute approximate surface area is 108 Å². The molecule has 17 heavy (non-hydrogen) atoms. The molecule has 94 valence electrons. The number of hydrogen-bond donors (Lipinski definition) is 1. The van der Waals surface area contributed by atoms with Gasteiger partial charge in [-0.25, -0.2) is 4.98 Å². The molecule has 0 bridgehead atoms. The van der Waals surface area contributed by atoms with Gasteiger partial charge in [-0.05, 0) is 18.9 Å². The molecule has 1 aliphatic rings. The van der Waals surface area contributed by atoms with E-state index in [-0.39, 0.29) is 5.38 Å². The van der Waals surface area contributed by atoms with Crippen molar-refractivity contribution in [3.05, 3.63) is 18.3 Å². The minimum absolute atomic E-state index is 0.219. The number of nitrogens with zero attached hydrogens (tertiary/aromatic N) is 1. The minimum Gasteiger partial charge on any atom is -0.481 e. The highest BCUT2D eigenvalue weighted by molar-refractivity contribution is 6.21. The molecule has 1 aliphatic carbocycles. The molecule has 0 spiro atoms. The maximum absolute atomic E-state index is 6.40. The number of hydrogen-bond acceptors (Lipinski definition) is 3. The van der Waals surface area contributed by atoms with E-state index in [1.165, 1.54) is 19.3 Å². The van der Waals surface area contributed by atoms with Crippen molar-refractivity contribution in [3.8, 4) is 5.88 Å². The molecular formula is C13H19ClN2O. The highest BCUT2D eigenvalue weighted by Gasteiger charge is 2.21. The number of pyridine rings is 1. The van der Waals surface area contributed by atoms with Crippen LogP contribution in [-0.4, -0.2) is 23.5 Å². The highest BCUT2D eigenvalue weighted by Crippen LogP contribution is 2.25. The average Bonchev–Trinajstić information content (AvgIpc) is 2.55. The normalized spacial score (nSPS) is 25.1. The van der Waals surface area contributed by atoms with Crippen LogP contribution >= 0.6 is 11.6 Å². The van der Waals surface area contributed by atoms with Crippen molar-refractivity contribution < 1.29 is 4.74 Å². The van der Waals surface area contributed by atoms with Gasteiger partial charge in [-0.2, -0.15) is 0 Å². The summed E-state index contributed by atoms with van der Waals surface area (Å²) >= 11 is 6.40. The molecule has 2 unspecified atom stereocenters. The summed E-state index contributed by atoms with van der Waals surface area (Å²) in [7, 11) is 1.63. The summed E-state index contributed by atoms with van der Waals surface area (Å²) in [4.78, 5) is 4.09. The van der Waals surface area contributed by atoms with Crippen LogP contribution in [0.5, 0.6) is 5.88 Å². The molecule has 2 rings (SSSR count). The van der Waals surface area contributed by atoms with Crippen LogP contribution in [0.3, 0.4) is 0 Å². The molecule has 1 heterocycles. The fourth-order valence-electron chi connectivity index (χ4n) is 2.25. The van der Waals surface area contributed by atoms with Crippen molar-refractivity contribution in [1.82, 2.24) is 4.98 Å². The first kappa shape index (κ1) is 12.5.